The van der Waals surface area contributed by atoms with Gasteiger partial charge in [-0.15, -0.1) is 12.4 Å². The van der Waals surface area contributed by atoms with E-state index >= 15 is 0 Å². The number of nitrogens with one attached hydrogen (secondary N) is 1. The first-order chi connectivity index (χ1) is 10.1. The molecule has 0 spiro atoms. The predicted molar refractivity (Wildman–Crippen MR) is 89.6 cm³/mol. The summed E-state index contributed by atoms with van der Waals surface area (Å²) in [5, 5.41) is 7.38. The van der Waals surface area contributed by atoms with Gasteiger partial charge in [-0.1, -0.05) is 29.4 Å². The molecule has 2 atom stereocenters. The fourth-order valence-electron chi connectivity index (χ4n) is 3.20. The van der Waals surface area contributed by atoms with E-state index < -0.39 is 0 Å². The molecule has 1 aromatic heterocycles. The van der Waals surface area contributed by atoms with E-state index in [1.54, 1.807) is 0 Å². The Labute approximate surface area is 138 Å². The number of hydrogen-bond donors (Lipinski definition) is 1. The molecule has 1 N–H and O–H groups in total. The van der Waals surface area contributed by atoms with Gasteiger partial charge in [-0.25, -0.2) is 0 Å². The van der Waals surface area contributed by atoms with Crippen LogP contribution in [0.25, 0.3) is 0 Å². The minimum absolute atomic E-state index is 0. The van der Waals surface area contributed by atoms with Crippen LogP contribution in [0, 0.1) is 0 Å². The molecule has 0 fully saturated rings. The molecule has 0 bridgehead atoms. The summed E-state index contributed by atoms with van der Waals surface area (Å²) in [7, 11) is 1.95. The molecular weight excluding hydrogens is 298 g/mol. The third kappa shape index (κ3) is 3.03. The van der Waals surface area contributed by atoms with E-state index in [0.717, 1.165) is 37.4 Å². The molecule has 1 aliphatic rings. The van der Waals surface area contributed by atoms with Crippen LogP contribution in [0.2, 0.25) is 0 Å². The lowest BCUT2D eigenvalue weighted by atomic mass is 9.71. The number of halogens is 1. The lowest BCUT2D eigenvalue weighted by Gasteiger charge is -2.32. The topological polar surface area (TPSA) is 51.0 Å². The number of fused-ring (bicyclic) bond motifs is 1. The number of aryl methyl sites for hydroxylation is 1. The Morgan fingerprint density at radius 3 is 2.91 bits per heavy atom. The van der Waals surface area contributed by atoms with Crippen LogP contribution in [0.1, 0.15) is 49.5 Å². The van der Waals surface area contributed by atoms with Crippen LogP contribution in [-0.4, -0.2) is 23.2 Å². The molecule has 2 aromatic rings. The first-order valence-electron chi connectivity index (χ1n) is 7.72. The van der Waals surface area contributed by atoms with Crippen molar-refractivity contribution in [3.63, 3.8) is 0 Å². The monoisotopic (exact) mass is 321 g/mol. The van der Waals surface area contributed by atoms with Crippen LogP contribution in [0.4, 0.5) is 0 Å². The van der Waals surface area contributed by atoms with Gasteiger partial charge in [0.2, 0.25) is 5.89 Å². The second-order valence-electron chi connectivity index (χ2n) is 6.25. The van der Waals surface area contributed by atoms with E-state index in [0.29, 0.717) is 6.04 Å². The van der Waals surface area contributed by atoms with Crippen molar-refractivity contribution in [2.24, 2.45) is 0 Å². The molecule has 0 amide bonds. The second-order valence-corrected chi connectivity index (χ2v) is 6.25. The molecule has 1 aromatic carbocycles. The van der Waals surface area contributed by atoms with Crippen molar-refractivity contribution >= 4 is 12.4 Å². The van der Waals surface area contributed by atoms with Crippen molar-refractivity contribution in [3.8, 4) is 0 Å². The number of aromatic nitrogens is 2. The van der Waals surface area contributed by atoms with E-state index in [1.165, 1.54) is 11.1 Å². The summed E-state index contributed by atoms with van der Waals surface area (Å²) in [6.07, 6.45) is 4.16. The first-order valence-corrected chi connectivity index (χ1v) is 7.72. The van der Waals surface area contributed by atoms with Crippen molar-refractivity contribution in [1.82, 2.24) is 15.5 Å². The van der Waals surface area contributed by atoms with Gasteiger partial charge in [0, 0.05) is 12.5 Å². The van der Waals surface area contributed by atoms with Crippen molar-refractivity contribution < 1.29 is 4.52 Å². The Bertz CT molecular complexity index is 628. The SMILES string of the molecule is CNC(C)Cc1noc(C2(C)CCCc3ccccc32)n1.Cl. The maximum atomic E-state index is 5.62. The third-order valence-electron chi connectivity index (χ3n) is 4.66. The van der Waals surface area contributed by atoms with Crippen LogP contribution in [0.3, 0.4) is 0 Å². The first kappa shape index (κ1) is 17.0. The number of benzene rings is 1. The maximum Gasteiger partial charge on any atom is 0.237 e. The van der Waals surface area contributed by atoms with E-state index in [-0.39, 0.29) is 17.8 Å². The van der Waals surface area contributed by atoms with E-state index in [9.17, 15) is 0 Å². The van der Waals surface area contributed by atoms with Gasteiger partial charge in [-0.05, 0) is 51.3 Å². The largest absolute Gasteiger partial charge is 0.338 e. The molecule has 0 saturated carbocycles. The highest BCUT2D eigenvalue weighted by Crippen LogP contribution is 2.41. The molecule has 1 aliphatic carbocycles. The highest BCUT2D eigenvalue weighted by atomic mass is 35.5. The number of likely N-dealkylation sites (N-methyl/N-ethyl adjacent to an activating group) is 1. The fourth-order valence-corrected chi connectivity index (χ4v) is 3.20. The Morgan fingerprint density at radius 1 is 1.36 bits per heavy atom. The molecule has 5 heteroatoms. The lowest BCUT2D eigenvalue weighted by molar-refractivity contribution is 0.297. The van der Waals surface area contributed by atoms with Crippen molar-refractivity contribution in [2.75, 3.05) is 7.05 Å². The van der Waals surface area contributed by atoms with Gasteiger partial charge in [0.15, 0.2) is 5.82 Å². The van der Waals surface area contributed by atoms with Crippen molar-refractivity contribution in [3.05, 3.63) is 47.1 Å². The number of hydrogen-bond acceptors (Lipinski definition) is 4. The van der Waals surface area contributed by atoms with Crippen LogP contribution in [0.15, 0.2) is 28.8 Å². The molecule has 120 valence electrons. The number of rotatable bonds is 4. The molecule has 1 heterocycles. The smallest absolute Gasteiger partial charge is 0.237 e. The Kier molecular flexibility index (Phi) is 5.24. The van der Waals surface area contributed by atoms with Gasteiger partial charge >= 0.3 is 0 Å². The van der Waals surface area contributed by atoms with Gasteiger partial charge < -0.3 is 9.84 Å². The normalized spacial score (nSPS) is 21.8. The van der Waals surface area contributed by atoms with Gasteiger partial charge in [-0.2, -0.15) is 4.98 Å². The molecule has 22 heavy (non-hydrogen) atoms. The number of nitrogens with zero attached hydrogens (tertiary/aromatic N) is 2. The Balaban J connectivity index is 0.00000176. The zero-order valence-corrected chi connectivity index (χ0v) is 14.2. The fraction of sp³-hybridized carbons (Fsp3) is 0.529. The Morgan fingerprint density at radius 2 is 2.14 bits per heavy atom. The van der Waals surface area contributed by atoms with Gasteiger partial charge in [0.25, 0.3) is 0 Å². The molecule has 3 rings (SSSR count). The summed E-state index contributed by atoms with van der Waals surface area (Å²) in [5.74, 6) is 1.55. The molecule has 2 unspecified atom stereocenters. The average molecular weight is 322 g/mol. The predicted octanol–water partition coefficient (Wildman–Crippen LogP) is 3.28. The molecule has 0 radical (unpaired) electrons. The van der Waals surface area contributed by atoms with Crippen LogP contribution in [0.5, 0.6) is 0 Å². The van der Waals surface area contributed by atoms with E-state index in [2.05, 4.69) is 53.6 Å². The standard InChI is InChI=1S/C17H23N3O.ClH/c1-12(18-3)11-15-19-16(21-20-15)17(2)10-6-8-13-7-4-5-9-14(13)17;/h4-5,7,9,12,18H,6,8,10-11H2,1-3H3;1H. The minimum atomic E-state index is -0.150. The summed E-state index contributed by atoms with van der Waals surface area (Å²) in [6, 6.07) is 8.98. The molecule has 0 saturated heterocycles. The Hall–Kier alpha value is -1.39. The highest BCUT2D eigenvalue weighted by molar-refractivity contribution is 5.85. The van der Waals surface area contributed by atoms with Crippen LogP contribution in [-0.2, 0) is 18.3 Å². The average Bonchev–Trinajstić information content (AvgIpc) is 2.97. The van der Waals surface area contributed by atoms with Crippen molar-refractivity contribution in [2.45, 2.75) is 51.0 Å². The quantitative estimate of drug-likeness (QED) is 0.939. The zero-order chi connectivity index (χ0) is 14.9. The lowest BCUT2D eigenvalue weighted by Crippen LogP contribution is -2.29. The summed E-state index contributed by atoms with van der Waals surface area (Å²) >= 11 is 0. The van der Waals surface area contributed by atoms with Gasteiger partial charge in [0.1, 0.15) is 0 Å². The van der Waals surface area contributed by atoms with Crippen molar-refractivity contribution in [1.29, 1.82) is 0 Å². The minimum Gasteiger partial charge on any atom is -0.338 e. The van der Waals surface area contributed by atoms with Crippen LogP contribution < -0.4 is 5.32 Å². The molecular formula is C17H24ClN3O. The second kappa shape index (κ2) is 6.80. The summed E-state index contributed by atoms with van der Waals surface area (Å²) in [5.41, 5.74) is 2.60. The van der Waals surface area contributed by atoms with E-state index in [4.69, 9.17) is 4.52 Å². The highest BCUT2D eigenvalue weighted by Gasteiger charge is 2.38. The molecule has 0 aliphatic heterocycles. The van der Waals surface area contributed by atoms with Gasteiger partial charge in [0.05, 0.1) is 5.41 Å². The van der Waals surface area contributed by atoms with Crippen LogP contribution >= 0.6 is 12.4 Å². The molecule has 4 nitrogen and oxygen atoms in total. The van der Waals surface area contributed by atoms with Gasteiger partial charge in [-0.3, -0.25) is 0 Å². The summed E-state index contributed by atoms with van der Waals surface area (Å²) in [4.78, 5) is 4.67. The third-order valence-corrected chi connectivity index (χ3v) is 4.66. The van der Waals surface area contributed by atoms with E-state index in [1.807, 2.05) is 7.05 Å². The summed E-state index contributed by atoms with van der Waals surface area (Å²) < 4.78 is 5.62. The zero-order valence-electron chi connectivity index (χ0n) is 13.4. The maximum absolute atomic E-state index is 5.62. The summed E-state index contributed by atoms with van der Waals surface area (Å²) in [6.45, 7) is 4.34.